The summed E-state index contributed by atoms with van der Waals surface area (Å²) in [5.74, 6) is 0. The maximum absolute atomic E-state index is 9.22. The number of aromatic nitrogens is 1. The standard InChI is InChI=1S/C20H14N2/c1-14-7-10-19-18(11-14)17-9-8-15(13-21)12-20(17)22(19)16-5-3-2-4-6-16/h2-12H,1H3. The van der Waals surface area contributed by atoms with E-state index in [0.29, 0.717) is 5.56 Å². The summed E-state index contributed by atoms with van der Waals surface area (Å²) in [5, 5.41) is 11.6. The molecule has 0 saturated heterocycles. The molecule has 0 radical (unpaired) electrons. The topological polar surface area (TPSA) is 28.7 Å². The Kier molecular flexibility index (Phi) is 2.74. The predicted octanol–water partition coefficient (Wildman–Crippen LogP) is 4.96. The smallest absolute Gasteiger partial charge is 0.0992 e. The van der Waals surface area contributed by atoms with E-state index in [1.54, 1.807) is 0 Å². The SMILES string of the molecule is Cc1ccc2c(c1)c1ccc(C#N)cc1n2-c1ccccc1. The third kappa shape index (κ3) is 1.80. The molecule has 2 nitrogen and oxygen atoms in total. The summed E-state index contributed by atoms with van der Waals surface area (Å²) in [7, 11) is 0. The van der Waals surface area contributed by atoms with Crippen LogP contribution in [-0.4, -0.2) is 4.57 Å². The summed E-state index contributed by atoms with van der Waals surface area (Å²) in [6.45, 7) is 2.11. The van der Waals surface area contributed by atoms with Crippen molar-refractivity contribution in [2.75, 3.05) is 0 Å². The number of hydrogen-bond donors (Lipinski definition) is 0. The van der Waals surface area contributed by atoms with Gasteiger partial charge in [-0.05, 0) is 43.3 Å². The summed E-state index contributed by atoms with van der Waals surface area (Å²) < 4.78 is 2.23. The van der Waals surface area contributed by atoms with Crippen LogP contribution in [0.4, 0.5) is 0 Å². The summed E-state index contributed by atoms with van der Waals surface area (Å²) in [6.07, 6.45) is 0. The number of aryl methyl sites for hydroxylation is 1. The highest BCUT2D eigenvalue weighted by atomic mass is 15.0. The number of nitriles is 1. The molecule has 0 bridgehead atoms. The van der Waals surface area contributed by atoms with Crippen molar-refractivity contribution in [1.29, 1.82) is 5.26 Å². The van der Waals surface area contributed by atoms with E-state index in [-0.39, 0.29) is 0 Å². The van der Waals surface area contributed by atoms with Gasteiger partial charge in [0.2, 0.25) is 0 Å². The van der Waals surface area contributed by atoms with E-state index in [9.17, 15) is 5.26 Å². The van der Waals surface area contributed by atoms with E-state index in [1.807, 2.05) is 30.3 Å². The molecule has 4 aromatic rings. The van der Waals surface area contributed by atoms with Gasteiger partial charge in [-0.3, -0.25) is 0 Å². The van der Waals surface area contributed by atoms with Crippen molar-refractivity contribution >= 4 is 21.8 Å². The van der Waals surface area contributed by atoms with Crippen molar-refractivity contribution in [3.63, 3.8) is 0 Å². The third-order valence-corrected chi connectivity index (χ3v) is 4.07. The predicted molar refractivity (Wildman–Crippen MR) is 90.2 cm³/mol. The van der Waals surface area contributed by atoms with Gasteiger partial charge < -0.3 is 4.57 Å². The molecule has 2 heteroatoms. The van der Waals surface area contributed by atoms with Crippen LogP contribution in [0.25, 0.3) is 27.5 Å². The van der Waals surface area contributed by atoms with Gasteiger partial charge in [0.15, 0.2) is 0 Å². The molecule has 0 saturated carbocycles. The molecule has 104 valence electrons. The van der Waals surface area contributed by atoms with Gasteiger partial charge in [0.25, 0.3) is 0 Å². The van der Waals surface area contributed by atoms with Crippen LogP contribution in [0.1, 0.15) is 11.1 Å². The lowest BCUT2D eigenvalue weighted by atomic mass is 10.1. The van der Waals surface area contributed by atoms with Crippen LogP contribution in [0.5, 0.6) is 0 Å². The Hall–Kier alpha value is -3.05. The highest BCUT2D eigenvalue weighted by molar-refractivity contribution is 6.09. The molecule has 0 unspecified atom stereocenters. The molecule has 0 amide bonds. The lowest BCUT2D eigenvalue weighted by Gasteiger charge is -2.07. The van der Waals surface area contributed by atoms with E-state index in [0.717, 1.165) is 11.2 Å². The Morgan fingerprint density at radius 3 is 2.41 bits per heavy atom. The molecule has 3 aromatic carbocycles. The Bertz CT molecular complexity index is 1030. The average molecular weight is 282 g/mol. The molecule has 0 aliphatic rings. The minimum absolute atomic E-state index is 0.684. The van der Waals surface area contributed by atoms with Crippen LogP contribution in [0.15, 0.2) is 66.7 Å². The highest BCUT2D eigenvalue weighted by Gasteiger charge is 2.12. The minimum Gasteiger partial charge on any atom is -0.309 e. The lowest BCUT2D eigenvalue weighted by molar-refractivity contribution is 1.18. The number of hydrogen-bond acceptors (Lipinski definition) is 1. The molecule has 1 aromatic heterocycles. The van der Waals surface area contributed by atoms with Gasteiger partial charge in [0.05, 0.1) is 22.7 Å². The average Bonchev–Trinajstić information content (AvgIpc) is 2.88. The van der Waals surface area contributed by atoms with Gasteiger partial charge >= 0.3 is 0 Å². The zero-order valence-electron chi connectivity index (χ0n) is 12.2. The summed E-state index contributed by atoms with van der Waals surface area (Å²) in [6, 6.07) is 24.9. The maximum Gasteiger partial charge on any atom is 0.0992 e. The molecule has 0 aliphatic carbocycles. The Morgan fingerprint density at radius 2 is 1.64 bits per heavy atom. The lowest BCUT2D eigenvalue weighted by Crippen LogP contribution is -1.93. The number of rotatable bonds is 1. The largest absolute Gasteiger partial charge is 0.309 e. The van der Waals surface area contributed by atoms with Gasteiger partial charge in [-0.1, -0.05) is 35.9 Å². The van der Waals surface area contributed by atoms with E-state index in [1.165, 1.54) is 21.9 Å². The number of benzene rings is 3. The van der Waals surface area contributed by atoms with E-state index in [2.05, 4.69) is 54.0 Å². The second kappa shape index (κ2) is 4.75. The normalized spacial score (nSPS) is 10.9. The fourth-order valence-electron chi connectivity index (χ4n) is 3.06. The minimum atomic E-state index is 0.684. The van der Waals surface area contributed by atoms with Crippen molar-refractivity contribution < 1.29 is 0 Å². The molecule has 0 atom stereocenters. The van der Waals surface area contributed by atoms with E-state index >= 15 is 0 Å². The van der Waals surface area contributed by atoms with Crippen LogP contribution in [0.3, 0.4) is 0 Å². The molecule has 0 spiro atoms. The molecule has 1 heterocycles. The number of nitrogens with zero attached hydrogens (tertiary/aromatic N) is 2. The Balaban J connectivity index is 2.22. The summed E-state index contributed by atoms with van der Waals surface area (Å²) in [4.78, 5) is 0. The first kappa shape index (κ1) is 12.7. The van der Waals surface area contributed by atoms with Gasteiger partial charge in [-0.2, -0.15) is 5.26 Å². The van der Waals surface area contributed by atoms with Gasteiger partial charge in [0, 0.05) is 16.5 Å². The van der Waals surface area contributed by atoms with Crippen LogP contribution >= 0.6 is 0 Å². The Morgan fingerprint density at radius 1 is 0.818 bits per heavy atom. The van der Waals surface area contributed by atoms with Crippen molar-refractivity contribution in [2.24, 2.45) is 0 Å². The molecule has 22 heavy (non-hydrogen) atoms. The van der Waals surface area contributed by atoms with Crippen LogP contribution in [0.2, 0.25) is 0 Å². The van der Waals surface area contributed by atoms with Gasteiger partial charge in [0.1, 0.15) is 0 Å². The zero-order chi connectivity index (χ0) is 15.1. The van der Waals surface area contributed by atoms with Crippen LogP contribution < -0.4 is 0 Å². The number of fused-ring (bicyclic) bond motifs is 3. The highest BCUT2D eigenvalue weighted by Crippen LogP contribution is 2.33. The first-order valence-corrected chi connectivity index (χ1v) is 7.28. The summed E-state index contributed by atoms with van der Waals surface area (Å²) in [5.41, 5.74) is 5.28. The molecule has 4 rings (SSSR count). The van der Waals surface area contributed by atoms with Crippen molar-refractivity contribution in [3.05, 3.63) is 77.9 Å². The van der Waals surface area contributed by atoms with Crippen molar-refractivity contribution in [2.45, 2.75) is 6.92 Å². The second-order valence-corrected chi connectivity index (χ2v) is 5.54. The van der Waals surface area contributed by atoms with E-state index < -0.39 is 0 Å². The molecular formula is C20H14N2. The van der Waals surface area contributed by atoms with Gasteiger partial charge in [-0.15, -0.1) is 0 Å². The van der Waals surface area contributed by atoms with E-state index in [4.69, 9.17) is 0 Å². The van der Waals surface area contributed by atoms with Crippen molar-refractivity contribution in [3.8, 4) is 11.8 Å². The number of para-hydroxylation sites is 1. The zero-order valence-corrected chi connectivity index (χ0v) is 12.2. The fourth-order valence-corrected chi connectivity index (χ4v) is 3.06. The molecule has 0 fully saturated rings. The first-order valence-electron chi connectivity index (χ1n) is 7.28. The van der Waals surface area contributed by atoms with Gasteiger partial charge in [-0.25, -0.2) is 0 Å². The van der Waals surface area contributed by atoms with Crippen LogP contribution in [-0.2, 0) is 0 Å². The molecule has 0 N–H and O–H groups in total. The quantitative estimate of drug-likeness (QED) is 0.485. The molecular weight excluding hydrogens is 268 g/mol. The van der Waals surface area contributed by atoms with Crippen molar-refractivity contribution in [1.82, 2.24) is 4.57 Å². The summed E-state index contributed by atoms with van der Waals surface area (Å²) >= 11 is 0. The molecule has 0 aliphatic heterocycles. The second-order valence-electron chi connectivity index (χ2n) is 5.54. The monoisotopic (exact) mass is 282 g/mol. The van der Waals surface area contributed by atoms with Crippen LogP contribution in [0, 0.1) is 18.3 Å². The fraction of sp³-hybridized carbons (Fsp3) is 0.0500. The first-order chi connectivity index (χ1) is 10.8. The third-order valence-electron chi connectivity index (χ3n) is 4.07. The maximum atomic E-state index is 9.22. The Labute approximate surface area is 128 Å².